The van der Waals surface area contributed by atoms with Crippen molar-refractivity contribution in [2.24, 2.45) is 0 Å². The average molecular weight is 490 g/mol. The van der Waals surface area contributed by atoms with Crippen molar-refractivity contribution in [3.05, 3.63) is 70.4 Å². The van der Waals surface area contributed by atoms with Crippen LogP contribution in [0.4, 0.5) is 4.39 Å². The third kappa shape index (κ3) is 5.03. The lowest BCUT2D eigenvalue weighted by atomic mass is 10.0. The molecule has 3 aromatic rings. The van der Waals surface area contributed by atoms with Gasteiger partial charge in [0.1, 0.15) is 5.82 Å². The highest BCUT2D eigenvalue weighted by molar-refractivity contribution is 7.92. The third-order valence-electron chi connectivity index (χ3n) is 6.05. The molecule has 1 amide bonds. The van der Waals surface area contributed by atoms with E-state index in [4.69, 9.17) is 5.21 Å². The Bertz CT molecular complexity index is 1380. The molecule has 2 aromatic carbocycles. The van der Waals surface area contributed by atoms with Gasteiger partial charge in [0.2, 0.25) is 0 Å². The highest BCUT2D eigenvalue weighted by Gasteiger charge is 2.43. The number of hydrogen-bond acceptors (Lipinski definition) is 6. The number of halogens is 1. The van der Waals surface area contributed by atoms with Gasteiger partial charge < -0.3 is 9.47 Å². The van der Waals surface area contributed by atoms with Crippen LogP contribution in [-0.2, 0) is 27.7 Å². The predicted octanol–water partition coefficient (Wildman–Crippen LogP) is 2.57. The summed E-state index contributed by atoms with van der Waals surface area (Å²) in [6.07, 6.45) is 1.54. The number of nitrogens with one attached hydrogen (secondary N) is 1. The number of hydroxylamine groups is 1. The van der Waals surface area contributed by atoms with E-state index in [9.17, 15) is 18.0 Å². The fraction of sp³-hybridized carbons (Fsp3) is 0.333. The number of benzene rings is 2. The van der Waals surface area contributed by atoms with Gasteiger partial charge in [-0.3, -0.25) is 14.8 Å². The Morgan fingerprint density at radius 1 is 1.12 bits per heavy atom. The minimum Gasteiger partial charge on any atom is -0.312 e. The lowest BCUT2D eigenvalue weighted by molar-refractivity contribution is -0.131. The number of aromatic nitrogens is 1. The number of carbonyl (C=O) groups is 1. The van der Waals surface area contributed by atoms with Gasteiger partial charge in [0.25, 0.3) is 11.5 Å². The van der Waals surface area contributed by atoms with Gasteiger partial charge >= 0.3 is 0 Å². The molecule has 182 valence electrons. The molecular weight excluding hydrogens is 461 g/mol. The molecule has 0 bridgehead atoms. The third-order valence-corrected chi connectivity index (χ3v) is 8.08. The normalized spacial score (nSPS) is 13.7. The Balaban J connectivity index is 1.95. The zero-order chi connectivity index (χ0) is 25.3. The minimum absolute atomic E-state index is 0.139. The van der Waals surface area contributed by atoms with E-state index in [0.29, 0.717) is 0 Å². The largest absolute Gasteiger partial charge is 0.312 e. The smallest absolute Gasteiger partial charge is 0.264 e. The minimum atomic E-state index is -3.94. The Morgan fingerprint density at radius 2 is 1.74 bits per heavy atom. The molecule has 1 aromatic heterocycles. The first-order valence-electron chi connectivity index (χ1n) is 10.6. The number of carbonyl (C=O) groups excluding carboxylic acids is 1. The summed E-state index contributed by atoms with van der Waals surface area (Å²) in [6.45, 7) is 1.70. The zero-order valence-electron chi connectivity index (χ0n) is 19.5. The summed E-state index contributed by atoms with van der Waals surface area (Å²) in [6, 6.07) is 12.8. The standard InChI is InChI=1S/C24H28FN3O5S/c1-24(23(30)26-31,34(4,32)33)11-12-28-15-21(25)20-13-18(9-10-19(20)22(28)29)17-7-5-16(6-8-17)14-27(2)3/h5-10,13,15,31H,11-12,14H2,1-4H3,(H,26,30)/t24-/m1/s1. The molecule has 0 fully saturated rings. The zero-order valence-corrected chi connectivity index (χ0v) is 20.3. The van der Waals surface area contributed by atoms with Crippen LogP contribution in [0.15, 0.2) is 53.5 Å². The summed E-state index contributed by atoms with van der Waals surface area (Å²) in [5.41, 5.74) is 3.62. The van der Waals surface area contributed by atoms with E-state index in [1.165, 1.54) is 11.5 Å². The van der Waals surface area contributed by atoms with Crippen LogP contribution in [0.1, 0.15) is 18.9 Å². The summed E-state index contributed by atoms with van der Waals surface area (Å²) in [5.74, 6) is -1.76. The van der Waals surface area contributed by atoms with Gasteiger partial charge in [-0.1, -0.05) is 30.3 Å². The van der Waals surface area contributed by atoms with Crippen LogP contribution in [0.2, 0.25) is 0 Å². The fourth-order valence-electron chi connectivity index (χ4n) is 3.78. The molecule has 2 N–H and O–H groups in total. The van der Waals surface area contributed by atoms with Crippen molar-refractivity contribution < 1.29 is 22.8 Å². The number of hydrogen-bond donors (Lipinski definition) is 2. The summed E-state index contributed by atoms with van der Waals surface area (Å²) in [5, 5.41) is 9.24. The van der Waals surface area contributed by atoms with Crippen molar-refractivity contribution in [2.75, 3.05) is 20.4 Å². The second kappa shape index (κ2) is 9.65. The molecule has 1 heterocycles. The Morgan fingerprint density at radius 3 is 2.29 bits per heavy atom. The second-order valence-corrected chi connectivity index (χ2v) is 11.3. The molecule has 0 radical (unpaired) electrons. The summed E-state index contributed by atoms with van der Waals surface area (Å²) in [4.78, 5) is 27.0. The van der Waals surface area contributed by atoms with Crippen LogP contribution >= 0.6 is 0 Å². The van der Waals surface area contributed by atoms with Crippen molar-refractivity contribution in [3.63, 3.8) is 0 Å². The quantitative estimate of drug-likeness (QED) is 0.372. The Kier molecular flexibility index (Phi) is 7.25. The molecule has 0 aliphatic rings. The van der Waals surface area contributed by atoms with E-state index in [1.807, 2.05) is 38.4 Å². The van der Waals surface area contributed by atoms with Crippen molar-refractivity contribution in [1.82, 2.24) is 14.9 Å². The molecular formula is C24H28FN3O5S. The van der Waals surface area contributed by atoms with Gasteiger partial charge in [-0.25, -0.2) is 18.3 Å². The van der Waals surface area contributed by atoms with Gasteiger partial charge in [-0.15, -0.1) is 0 Å². The Hall–Kier alpha value is -3.08. The van der Waals surface area contributed by atoms with Crippen molar-refractivity contribution in [3.8, 4) is 11.1 Å². The summed E-state index contributed by atoms with van der Waals surface area (Å²) < 4.78 is 38.4. The lowest BCUT2D eigenvalue weighted by Crippen LogP contribution is -2.50. The first kappa shape index (κ1) is 25.5. The molecule has 10 heteroatoms. The lowest BCUT2D eigenvalue weighted by Gasteiger charge is -2.25. The maximum Gasteiger partial charge on any atom is 0.264 e. The van der Waals surface area contributed by atoms with Crippen molar-refractivity contribution in [1.29, 1.82) is 0 Å². The van der Waals surface area contributed by atoms with E-state index < -0.39 is 31.9 Å². The van der Waals surface area contributed by atoms with Gasteiger partial charge in [-0.05, 0) is 56.3 Å². The molecule has 1 atom stereocenters. The molecule has 34 heavy (non-hydrogen) atoms. The number of sulfone groups is 1. The molecule has 0 spiro atoms. The number of nitrogens with zero attached hydrogens (tertiary/aromatic N) is 2. The van der Waals surface area contributed by atoms with Crippen LogP contribution in [0.5, 0.6) is 0 Å². The molecule has 0 unspecified atom stereocenters. The topological polar surface area (TPSA) is 109 Å². The van der Waals surface area contributed by atoms with Crippen LogP contribution in [-0.4, -0.2) is 54.1 Å². The van der Waals surface area contributed by atoms with E-state index in [-0.39, 0.29) is 23.7 Å². The monoisotopic (exact) mass is 489 g/mol. The Labute approximate surface area is 197 Å². The fourth-order valence-corrected chi connectivity index (χ4v) is 4.63. The van der Waals surface area contributed by atoms with E-state index in [2.05, 4.69) is 4.90 Å². The average Bonchev–Trinajstić information content (AvgIpc) is 2.78. The summed E-state index contributed by atoms with van der Waals surface area (Å²) >= 11 is 0. The predicted molar refractivity (Wildman–Crippen MR) is 129 cm³/mol. The number of rotatable bonds is 8. The van der Waals surface area contributed by atoms with Crippen LogP contribution < -0.4 is 11.0 Å². The van der Waals surface area contributed by atoms with Crippen LogP contribution in [0.3, 0.4) is 0 Å². The SMILES string of the molecule is CN(C)Cc1ccc(-c2ccc3c(=O)n(CC[C@](C)(C(=O)NO)S(C)(=O)=O)cc(F)c3c2)cc1. The number of pyridine rings is 1. The molecule has 3 rings (SSSR count). The van der Waals surface area contributed by atoms with E-state index in [0.717, 1.165) is 47.2 Å². The number of aryl methyl sites for hydroxylation is 1. The van der Waals surface area contributed by atoms with Crippen molar-refractivity contribution in [2.45, 2.75) is 31.2 Å². The van der Waals surface area contributed by atoms with Gasteiger partial charge in [0, 0.05) is 30.9 Å². The first-order chi connectivity index (χ1) is 15.9. The summed E-state index contributed by atoms with van der Waals surface area (Å²) in [7, 11) is 0.0225. The van der Waals surface area contributed by atoms with Gasteiger partial charge in [-0.2, -0.15) is 0 Å². The molecule has 0 saturated heterocycles. The van der Waals surface area contributed by atoms with Gasteiger partial charge in [0.05, 0.1) is 5.39 Å². The first-order valence-corrected chi connectivity index (χ1v) is 12.5. The molecule has 0 saturated carbocycles. The number of fused-ring (bicyclic) bond motifs is 1. The molecule has 8 nitrogen and oxygen atoms in total. The number of amides is 1. The maximum absolute atomic E-state index is 15.0. The van der Waals surface area contributed by atoms with Crippen LogP contribution in [0, 0.1) is 5.82 Å². The highest BCUT2D eigenvalue weighted by atomic mass is 32.2. The van der Waals surface area contributed by atoms with Crippen LogP contribution in [0.25, 0.3) is 21.9 Å². The maximum atomic E-state index is 15.0. The van der Waals surface area contributed by atoms with Gasteiger partial charge in [0.15, 0.2) is 14.6 Å². The molecule has 0 aliphatic carbocycles. The van der Waals surface area contributed by atoms with Crippen molar-refractivity contribution >= 4 is 26.5 Å². The van der Waals surface area contributed by atoms with E-state index in [1.54, 1.807) is 12.1 Å². The highest BCUT2D eigenvalue weighted by Crippen LogP contribution is 2.26. The molecule has 0 aliphatic heterocycles. The second-order valence-electron chi connectivity index (χ2n) is 8.86. The van der Waals surface area contributed by atoms with E-state index >= 15 is 4.39 Å².